The van der Waals surface area contributed by atoms with Crippen LogP contribution in [0.2, 0.25) is 5.02 Å². The Balaban J connectivity index is 1.59. The number of thioether (sulfide) groups is 1. The number of carbonyl (C=O) groups is 2. The molecule has 0 atom stereocenters. The zero-order chi connectivity index (χ0) is 21.3. The zero-order valence-electron chi connectivity index (χ0n) is 15.9. The Bertz CT molecular complexity index is 1060. The number of hydrogen-bond donors (Lipinski definition) is 0. The summed E-state index contributed by atoms with van der Waals surface area (Å²) in [5, 5.41) is 0.0514. The van der Waals surface area contributed by atoms with Gasteiger partial charge in [-0.3, -0.25) is 14.5 Å². The molecule has 0 unspecified atom stereocenters. The average molecular weight is 511 g/mol. The minimum absolute atomic E-state index is 0.0507. The summed E-state index contributed by atoms with van der Waals surface area (Å²) in [5.74, 6) is 1.38. The van der Waals surface area contributed by atoms with Crippen molar-refractivity contribution in [3.05, 3.63) is 55.9 Å². The van der Waals surface area contributed by atoms with Crippen LogP contribution in [0.1, 0.15) is 24.5 Å². The summed E-state index contributed by atoms with van der Waals surface area (Å²) in [6.45, 7) is 2.75. The molecule has 0 bridgehead atoms. The molecule has 2 amide bonds. The SMILES string of the molecule is CCCOc1ccc(Br)cc1/C=C1\SC(=O)N(Cc2cc3c(cc2Cl)OCO3)C1=O. The number of amides is 2. The van der Waals surface area contributed by atoms with Gasteiger partial charge in [0.2, 0.25) is 6.79 Å². The molecule has 0 aliphatic carbocycles. The Kier molecular flexibility index (Phi) is 6.26. The van der Waals surface area contributed by atoms with Crippen LogP contribution >= 0.6 is 39.3 Å². The molecule has 2 aliphatic heterocycles. The van der Waals surface area contributed by atoms with E-state index in [0.717, 1.165) is 28.2 Å². The second-order valence-corrected chi connectivity index (χ2v) is 8.91. The van der Waals surface area contributed by atoms with Gasteiger partial charge in [0.25, 0.3) is 11.1 Å². The predicted octanol–water partition coefficient (Wildman–Crippen LogP) is 5.86. The van der Waals surface area contributed by atoms with E-state index in [4.69, 9.17) is 25.8 Å². The van der Waals surface area contributed by atoms with Gasteiger partial charge in [-0.05, 0) is 54.1 Å². The summed E-state index contributed by atoms with van der Waals surface area (Å²) in [6, 6.07) is 8.89. The van der Waals surface area contributed by atoms with Gasteiger partial charge in [0, 0.05) is 21.1 Å². The van der Waals surface area contributed by atoms with Crippen molar-refractivity contribution in [3.8, 4) is 17.2 Å². The molecule has 2 heterocycles. The maximum absolute atomic E-state index is 12.9. The van der Waals surface area contributed by atoms with Crippen LogP contribution in [-0.4, -0.2) is 29.4 Å². The van der Waals surface area contributed by atoms with Gasteiger partial charge in [-0.2, -0.15) is 0 Å². The normalized spacial score (nSPS) is 16.6. The molecule has 0 radical (unpaired) electrons. The van der Waals surface area contributed by atoms with E-state index < -0.39 is 0 Å². The van der Waals surface area contributed by atoms with Gasteiger partial charge in [-0.25, -0.2) is 0 Å². The van der Waals surface area contributed by atoms with Crippen LogP contribution in [-0.2, 0) is 11.3 Å². The van der Waals surface area contributed by atoms with Gasteiger partial charge in [0.05, 0.1) is 18.1 Å². The highest BCUT2D eigenvalue weighted by atomic mass is 79.9. The van der Waals surface area contributed by atoms with E-state index in [1.165, 1.54) is 4.90 Å². The first kappa shape index (κ1) is 21.1. The van der Waals surface area contributed by atoms with Crippen molar-refractivity contribution >= 4 is 56.5 Å². The molecule has 1 saturated heterocycles. The summed E-state index contributed by atoms with van der Waals surface area (Å²) in [4.78, 5) is 27.0. The lowest BCUT2D eigenvalue weighted by molar-refractivity contribution is -0.123. The van der Waals surface area contributed by atoms with Crippen molar-refractivity contribution in [2.45, 2.75) is 19.9 Å². The fraction of sp³-hybridized carbons (Fsp3) is 0.238. The number of nitrogens with zero attached hydrogens (tertiary/aromatic N) is 1. The van der Waals surface area contributed by atoms with E-state index in [9.17, 15) is 9.59 Å². The van der Waals surface area contributed by atoms with E-state index >= 15 is 0 Å². The average Bonchev–Trinajstić information content (AvgIpc) is 3.26. The molecular weight excluding hydrogens is 494 g/mol. The molecule has 1 fully saturated rings. The monoisotopic (exact) mass is 509 g/mol. The Hall–Kier alpha value is -2.16. The summed E-state index contributed by atoms with van der Waals surface area (Å²) >= 11 is 10.6. The molecule has 4 rings (SSSR count). The van der Waals surface area contributed by atoms with Crippen molar-refractivity contribution in [1.82, 2.24) is 4.90 Å². The highest BCUT2D eigenvalue weighted by Crippen LogP contribution is 2.40. The van der Waals surface area contributed by atoms with E-state index in [-0.39, 0.29) is 24.5 Å². The Morgan fingerprint density at radius 3 is 2.77 bits per heavy atom. The minimum atomic E-state index is -0.375. The van der Waals surface area contributed by atoms with Crippen LogP contribution in [0.4, 0.5) is 4.79 Å². The first-order valence-corrected chi connectivity index (χ1v) is 11.2. The summed E-state index contributed by atoms with van der Waals surface area (Å²) in [5.41, 5.74) is 1.34. The number of benzene rings is 2. The fourth-order valence-electron chi connectivity index (χ4n) is 3.00. The van der Waals surface area contributed by atoms with E-state index in [2.05, 4.69) is 15.9 Å². The van der Waals surface area contributed by atoms with Crippen molar-refractivity contribution in [1.29, 1.82) is 0 Å². The summed E-state index contributed by atoms with van der Waals surface area (Å²) in [6.07, 6.45) is 2.55. The van der Waals surface area contributed by atoms with Gasteiger partial charge >= 0.3 is 0 Å². The maximum atomic E-state index is 12.9. The molecular formula is C21H17BrClNO5S. The zero-order valence-corrected chi connectivity index (χ0v) is 19.1. The number of carbonyl (C=O) groups excluding carboxylic acids is 2. The molecule has 2 aliphatic rings. The van der Waals surface area contributed by atoms with Gasteiger partial charge in [0.15, 0.2) is 11.5 Å². The molecule has 2 aromatic rings. The molecule has 2 aromatic carbocycles. The van der Waals surface area contributed by atoms with E-state index in [0.29, 0.717) is 39.3 Å². The molecule has 0 saturated carbocycles. The third-order valence-corrected chi connectivity index (χ3v) is 6.22. The molecule has 9 heteroatoms. The topological polar surface area (TPSA) is 65.1 Å². The van der Waals surface area contributed by atoms with Gasteiger partial charge in [-0.15, -0.1) is 0 Å². The van der Waals surface area contributed by atoms with Gasteiger partial charge < -0.3 is 14.2 Å². The summed E-state index contributed by atoms with van der Waals surface area (Å²) in [7, 11) is 0. The smallest absolute Gasteiger partial charge is 0.293 e. The minimum Gasteiger partial charge on any atom is -0.493 e. The molecule has 0 aromatic heterocycles. The van der Waals surface area contributed by atoms with E-state index in [1.54, 1.807) is 18.2 Å². The number of fused-ring (bicyclic) bond motifs is 1. The van der Waals surface area contributed by atoms with Crippen LogP contribution in [0.5, 0.6) is 17.2 Å². The van der Waals surface area contributed by atoms with E-state index in [1.807, 2.05) is 25.1 Å². The van der Waals surface area contributed by atoms with Crippen molar-refractivity contribution in [3.63, 3.8) is 0 Å². The highest BCUT2D eigenvalue weighted by Gasteiger charge is 2.36. The Morgan fingerprint density at radius 1 is 1.23 bits per heavy atom. The Labute approximate surface area is 191 Å². The van der Waals surface area contributed by atoms with Gasteiger partial charge in [0.1, 0.15) is 5.75 Å². The standard InChI is InChI=1S/C21H17BrClNO5S/c1-2-5-27-16-4-3-14(22)6-12(16)8-19-20(25)24(21(26)30-19)10-13-7-17-18(9-15(13)23)29-11-28-17/h3-4,6-9H,2,5,10-11H2,1H3/b19-8-. The number of halogens is 2. The lowest BCUT2D eigenvalue weighted by atomic mass is 10.1. The van der Waals surface area contributed by atoms with Crippen molar-refractivity contribution < 1.29 is 23.8 Å². The lowest BCUT2D eigenvalue weighted by Gasteiger charge is -2.14. The second kappa shape index (κ2) is 8.91. The lowest BCUT2D eigenvalue weighted by Crippen LogP contribution is -2.27. The molecule has 30 heavy (non-hydrogen) atoms. The number of imide groups is 1. The fourth-order valence-corrected chi connectivity index (χ4v) is 4.43. The van der Waals surface area contributed by atoms with Crippen molar-refractivity contribution in [2.75, 3.05) is 13.4 Å². The third kappa shape index (κ3) is 4.31. The molecule has 0 N–H and O–H groups in total. The molecule has 6 nitrogen and oxygen atoms in total. The highest BCUT2D eigenvalue weighted by molar-refractivity contribution is 9.10. The first-order valence-electron chi connectivity index (χ1n) is 9.22. The van der Waals surface area contributed by atoms with Crippen LogP contribution in [0.15, 0.2) is 39.7 Å². The molecule has 156 valence electrons. The van der Waals surface area contributed by atoms with Gasteiger partial charge in [-0.1, -0.05) is 34.5 Å². The molecule has 0 spiro atoms. The number of rotatable bonds is 6. The van der Waals surface area contributed by atoms with Crippen LogP contribution in [0.3, 0.4) is 0 Å². The Morgan fingerprint density at radius 2 is 2.00 bits per heavy atom. The largest absolute Gasteiger partial charge is 0.493 e. The summed E-state index contributed by atoms with van der Waals surface area (Å²) < 4.78 is 17.3. The van der Waals surface area contributed by atoms with Crippen LogP contribution < -0.4 is 14.2 Å². The first-order chi connectivity index (χ1) is 14.5. The predicted molar refractivity (Wildman–Crippen MR) is 119 cm³/mol. The third-order valence-electron chi connectivity index (χ3n) is 4.46. The van der Waals surface area contributed by atoms with Crippen LogP contribution in [0, 0.1) is 0 Å². The maximum Gasteiger partial charge on any atom is 0.293 e. The second-order valence-electron chi connectivity index (χ2n) is 6.60. The van der Waals surface area contributed by atoms with Crippen molar-refractivity contribution in [2.24, 2.45) is 0 Å². The number of hydrogen-bond acceptors (Lipinski definition) is 6. The van der Waals surface area contributed by atoms with Crippen LogP contribution in [0.25, 0.3) is 6.08 Å². The quantitative estimate of drug-likeness (QED) is 0.454. The number of ether oxygens (including phenoxy) is 3.